The van der Waals surface area contributed by atoms with E-state index in [-0.39, 0.29) is 5.56 Å². The van der Waals surface area contributed by atoms with E-state index in [9.17, 15) is 12.8 Å². The van der Waals surface area contributed by atoms with Crippen LogP contribution in [0.1, 0.15) is 16.5 Å². The maximum atomic E-state index is 13.3. The van der Waals surface area contributed by atoms with Gasteiger partial charge in [0.1, 0.15) is 11.9 Å². The van der Waals surface area contributed by atoms with Crippen molar-refractivity contribution in [1.82, 2.24) is 0 Å². The number of hydrogen-bond acceptors (Lipinski definition) is 4. The number of nitrogens with zero attached hydrogens (tertiary/aromatic N) is 1. The van der Waals surface area contributed by atoms with Gasteiger partial charge in [-0.25, -0.2) is 12.8 Å². The normalized spacial score (nSPS) is 12.4. The first-order valence-electron chi connectivity index (χ1n) is 6.12. The van der Waals surface area contributed by atoms with E-state index in [0.717, 1.165) is 12.3 Å². The molecule has 0 radical (unpaired) electrons. The highest BCUT2D eigenvalue weighted by atomic mass is 32.2. The Morgan fingerprint density at radius 1 is 1.19 bits per heavy atom. The van der Waals surface area contributed by atoms with Crippen molar-refractivity contribution in [3.63, 3.8) is 0 Å². The van der Waals surface area contributed by atoms with Crippen molar-refractivity contribution >= 4 is 15.5 Å². The largest absolute Gasteiger partial charge is 0.365 e. The molecule has 0 bridgehead atoms. The van der Waals surface area contributed by atoms with Crippen molar-refractivity contribution < 1.29 is 12.8 Å². The monoisotopic (exact) mass is 304 g/mol. The number of halogens is 1. The van der Waals surface area contributed by atoms with Crippen LogP contribution < -0.4 is 5.32 Å². The minimum absolute atomic E-state index is 0.139. The first-order chi connectivity index (χ1) is 9.91. The van der Waals surface area contributed by atoms with Crippen LogP contribution in [0.25, 0.3) is 0 Å². The fraction of sp³-hybridized carbons (Fsp3) is 0.133. The molecule has 0 heterocycles. The number of rotatable bonds is 4. The first kappa shape index (κ1) is 15.0. The predicted octanol–water partition coefficient (Wildman–Crippen LogP) is 2.85. The maximum Gasteiger partial charge on any atom is 0.172 e. The van der Waals surface area contributed by atoms with Crippen LogP contribution in [0.15, 0.2) is 48.5 Å². The van der Waals surface area contributed by atoms with Crippen molar-refractivity contribution in [1.29, 1.82) is 5.26 Å². The average molecular weight is 304 g/mol. The first-order valence-corrected chi connectivity index (χ1v) is 8.07. The molecule has 0 aliphatic heterocycles. The van der Waals surface area contributed by atoms with E-state index < -0.39 is 21.0 Å². The summed E-state index contributed by atoms with van der Waals surface area (Å²) in [6.45, 7) is 0. The van der Waals surface area contributed by atoms with E-state index in [0.29, 0.717) is 11.3 Å². The van der Waals surface area contributed by atoms with Crippen LogP contribution >= 0.6 is 0 Å². The molecule has 0 aliphatic rings. The van der Waals surface area contributed by atoms with E-state index in [1.54, 1.807) is 36.4 Å². The lowest BCUT2D eigenvalue weighted by atomic mass is 10.2. The Morgan fingerprint density at radius 2 is 1.86 bits per heavy atom. The Bertz CT molecular complexity index is 783. The van der Waals surface area contributed by atoms with Crippen molar-refractivity contribution in [3.8, 4) is 6.07 Å². The molecule has 2 rings (SSSR count). The molecule has 108 valence electrons. The van der Waals surface area contributed by atoms with Crippen molar-refractivity contribution in [3.05, 3.63) is 65.5 Å². The number of benzene rings is 2. The summed E-state index contributed by atoms with van der Waals surface area (Å²) >= 11 is 0. The second-order valence-electron chi connectivity index (χ2n) is 4.57. The summed E-state index contributed by atoms with van der Waals surface area (Å²) in [5, 5.41) is 10.7. The van der Waals surface area contributed by atoms with Crippen LogP contribution in [0.5, 0.6) is 0 Å². The highest BCUT2D eigenvalue weighted by Crippen LogP contribution is 2.25. The van der Waals surface area contributed by atoms with Crippen molar-refractivity contribution in [2.24, 2.45) is 0 Å². The zero-order valence-corrected chi connectivity index (χ0v) is 12.1. The minimum Gasteiger partial charge on any atom is -0.365 e. The topological polar surface area (TPSA) is 70.0 Å². The molecule has 6 heteroatoms. The summed E-state index contributed by atoms with van der Waals surface area (Å²) in [5.41, 5.74) is 0.801. The SMILES string of the molecule is CS(=O)(=O)C(Nc1ccc(F)c(C#N)c1)c1ccccc1. The molecule has 0 saturated carbocycles. The second-order valence-corrected chi connectivity index (χ2v) is 6.70. The summed E-state index contributed by atoms with van der Waals surface area (Å²) in [7, 11) is -3.43. The fourth-order valence-corrected chi connectivity index (χ4v) is 2.92. The van der Waals surface area contributed by atoms with Gasteiger partial charge in [0.05, 0.1) is 5.56 Å². The Kier molecular flexibility index (Phi) is 4.24. The molecule has 2 aromatic carbocycles. The molecular weight excluding hydrogens is 291 g/mol. The minimum atomic E-state index is -3.43. The highest BCUT2D eigenvalue weighted by Gasteiger charge is 2.22. The van der Waals surface area contributed by atoms with Crippen LogP contribution in [0.4, 0.5) is 10.1 Å². The summed E-state index contributed by atoms with van der Waals surface area (Å²) < 4.78 is 37.2. The number of hydrogen-bond donors (Lipinski definition) is 1. The standard InChI is InChI=1S/C15H13FN2O2S/c1-21(19,20)15(11-5-3-2-4-6-11)18-13-7-8-14(16)12(9-13)10-17/h2-9,15,18H,1H3. The fourth-order valence-electron chi connectivity index (χ4n) is 1.92. The zero-order chi connectivity index (χ0) is 15.5. The predicted molar refractivity (Wildman–Crippen MR) is 78.8 cm³/mol. The lowest BCUT2D eigenvalue weighted by Gasteiger charge is -2.18. The van der Waals surface area contributed by atoms with E-state index in [2.05, 4.69) is 5.32 Å². The number of anilines is 1. The molecule has 1 N–H and O–H groups in total. The Labute approximate surface area is 122 Å². The molecule has 0 aromatic heterocycles. The van der Waals surface area contributed by atoms with Crippen LogP contribution in [-0.2, 0) is 9.84 Å². The van der Waals surface area contributed by atoms with Gasteiger partial charge < -0.3 is 5.32 Å². The average Bonchev–Trinajstić information content (AvgIpc) is 2.46. The van der Waals surface area contributed by atoms with E-state index in [4.69, 9.17) is 5.26 Å². The molecule has 1 atom stereocenters. The van der Waals surface area contributed by atoms with Gasteiger partial charge in [0.25, 0.3) is 0 Å². The van der Waals surface area contributed by atoms with E-state index in [1.165, 1.54) is 12.1 Å². The molecule has 0 aliphatic carbocycles. The quantitative estimate of drug-likeness (QED) is 0.943. The molecule has 2 aromatic rings. The van der Waals surface area contributed by atoms with Crippen LogP contribution in [0.3, 0.4) is 0 Å². The Morgan fingerprint density at radius 3 is 2.43 bits per heavy atom. The zero-order valence-electron chi connectivity index (χ0n) is 11.2. The molecule has 0 spiro atoms. The van der Waals surface area contributed by atoms with Gasteiger partial charge in [0, 0.05) is 11.9 Å². The van der Waals surface area contributed by atoms with Gasteiger partial charge in [-0.3, -0.25) is 0 Å². The number of nitriles is 1. The van der Waals surface area contributed by atoms with Gasteiger partial charge in [-0.05, 0) is 23.8 Å². The highest BCUT2D eigenvalue weighted by molar-refractivity contribution is 7.91. The molecule has 0 amide bonds. The third-order valence-electron chi connectivity index (χ3n) is 2.92. The van der Waals surface area contributed by atoms with Crippen LogP contribution in [0.2, 0.25) is 0 Å². The summed E-state index contributed by atoms with van der Waals surface area (Å²) in [5.74, 6) is -0.640. The van der Waals surface area contributed by atoms with Gasteiger partial charge in [0.2, 0.25) is 0 Å². The van der Waals surface area contributed by atoms with Gasteiger partial charge in [-0.15, -0.1) is 0 Å². The van der Waals surface area contributed by atoms with Gasteiger partial charge in [0.15, 0.2) is 15.2 Å². The van der Waals surface area contributed by atoms with E-state index >= 15 is 0 Å². The number of sulfone groups is 1. The third-order valence-corrected chi connectivity index (χ3v) is 4.16. The molecular formula is C15H13FN2O2S. The smallest absolute Gasteiger partial charge is 0.172 e. The lowest BCUT2D eigenvalue weighted by molar-refractivity contribution is 0.593. The molecule has 0 fully saturated rings. The van der Waals surface area contributed by atoms with Crippen molar-refractivity contribution in [2.75, 3.05) is 11.6 Å². The lowest BCUT2D eigenvalue weighted by Crippen LogP contribution is -2.20. The molecule has 1 unspecified atom stereocenters. The van der Waals surface area contributed by atoms with Crippen molar-refractivity contribution in [2.45, 2.75) is 5.37 Å². The van der Waals surface area contributed by atoms with Crippen LogP contribution in [-0.4, -0.2) is 14.7 Å². The maximum absolute atomic E-state index is 13.3. The summed E-state index contributed by atoms with van der Waals surface area (Å²) in [6, 6.07) is 14.2. The third kappa shape index (κ3) is 3.58. The molecule has 21 heavy (non-hydrogen) atoms. The van der Waals surface area contributed by atoms with E-state index in [1.807, 2.05) is 0 Å². The van der Waals surface area contributed by atoms with Gasteiger partial charge in [-0.1, -0.05) is 30.3 Å². The Hall–Kier alpha value is -2.39. The summed E-state index contributed by atoms with van der Waals surface area (Å²) in [4.78, 5) is 0. The van der Waals surface area contributed by atoms with Crippen LogP contribution in [0, 0.1) is 17.1 Å². The van der Waals surface area contributed by atoms with Gasteiger partial charge >= 0.3 is 0 Å². The molecule has 0 saturated heterocycles. The second kappa shape index (κ2) is 5.94. The number of nitrogens with one attached hydrogen (secondary N) is 1. The summed E-state index contributed by atoms with van der Waals surface area (Å²) in [6.07, 6.45) is 1.12. The Balaban J connectivity index is 2.40. The molecule has 4 nitrogen and oxygen atoms in total. The van der Waals surface area contributed by atoms with Gasteiger partial charge in [-0.2, -0.15) is 5.26 Å².